The Hall–Kier alpha value is -3.95. The molecule has 178 valence electrons. The van der Waals surface area contributed by atoms with Crippen LogP contribution in [0.4, 0.5) is 0 Å². The van der Waals surface area contributed by atoms with Gasteiger partial charge in [0.15, 0.2) is 0 Å². The summed E-state index contributed by atoms with van der Waals surface area (Å²) in [5.41, 5.74) is 4.25. The number of pyridine rings is 1. The van der Waals surface area contributed by atoms with E-state index in [1.54, 1.807) is 18.5 Å². The Morgan fingerprint density at radius 2 is 1.51 bits per heavy atom. The highest BCUT2D eigenvalue weighted by atomic mass is 32.2. The number of benzene rings is 2. The van der Waals surface area contributed by atoms with Crippen molar-refractivity contribution in [3.05, 3.63) is 108 Å². The minimum absolute atomic E-state index is 0.0138. The molecule has 0 atom stereocenters. The van der Waals surface area contributed by atoms with Gasteiger partial charge in [0.25, 0.3) is 0 Å². The number of aryl methyl sites for hydroxylation is 1. The fourth-order valence-corrected chi connectivity index (χ4v) is 5.05. The maximum absolute atomic E-state index is 13.5. The number of hydrogen-bond donors (Lipinski definition) is 1. The van der Waals surface area contributed by atoms with Crippen molar-refractivity contribution in [2.75, 3.05) is 0 Å². The zero-order valence-corrected chi connectivity index (χ0v) is 19.7. The fraction of sp³-hybridized carbons (Fsp3) is 0.154. The van der Waals surface area contributed by atoms with E-state index in [9.17, 15) is 13.2 Å². The maximum Gasteiger partial charge on any atom is 0.303 e. The summed E-state index contributed by atoms with van der Waals surface area (Å²) in [6.45, 7) is 0.286. The Labute approximate surface area is 204 Å². The summed E-state index contributed by atoms with van der Waals surface area (Å²) in [5, 5.41) is 8.98. The van der Waals surface area contributed by atoms with Gasteiger partial charge in [0.2, 0.25) is 10.0 Å². The van der Waals surface area contributed by atoms with Crippen molar-refractivity contribution in [2.24, 2.45) is 0 Å². The van der Waals surface area contributed by atoms with Gasteiger partial charge in [-0.15, -0.1) is 0 Å². The lowest BCUT2D eigenvalue weighted by Crippen LogP contribution is -2.30. The molecule has 9 heteroatoms. The number of sulfonamides is 1. The number of nitrogens with zero attached hydrogens (tertiary/aromatic N) is 4. The SMILES string of the molecule is O=C(O)CCc1cccc(CN(Cc2ccc(-c3cncnc3)cc2)S(=O)(=O)c2cccnc2)c1. The number of carboxylic acids is 1. The minimum atomic E-state index is -3.84. The van der Waals surface area contributed by atoms with Crippen molar-refractivity contribution in [3.63, 3.8) is 0 Å². The van der Waals surface area contributed by atoms with Crippen LogP contribution in [-0.4, -0.2) is 38.8 Å². The molecule has 0 radical (unpaired) electrons. The molecule has 0 spiro atoms. The smallest absolute Gasteiger partial charge is 0.303 e. The molecule has 0 bridgehead atoms. The quantitative estimate of drug-likeness (QED) is 0.360. The van der Waals surface area contributed by atoms with Crippen LogP contribution in [0.2, 0.25) is 0 Å². The summed E-state index contributed by atoms with van der Waals surface area (Å²) >= 11 is 0. The van der Waals surface area contributed by atoms with E-state index in [4.69, 9.17) is 5.11 Å². The lowest BCUT2D eigenvalue weighted by molar-refractivity contribution is -0.136. The first-order valence-electron chi connectivity index (χ1n) is 11.0. The average Bonchev–Trinajstić information content (AvgIpc) is 2.89. The van der Waals surface area contributed by atoms with Gasteiger partial charge < -0.3 is 5.11 Å². The van der Waals surface area contributed by atoms with E-state index >= 15 is 0 Å². The van der Waals surface area contributed by atoms with Crippen LogP contribution in [0.25, 0.3) is 11.1 Å². The third kappa shape index (κ3) is 6.34. The summed E-state index contributed by atoms with van der Waals surface area (Å²) in [4.78, 5) is 23.1. The summed E-state index contributed by atoms with van der Waals surface area (Å²) in [6, 6.07) is 18.1. The van der Waals surface area contributed by atoms with Crippen LogP contribution in [0.1, 0.15) is 23.1 Å². The summed E-state index contributed by atoms with van der Waals surface area (Å²) < 4.78 is 28.4. The molecule has 0 saturated heterocycles. The van der Waals surface area contributed by atoms with Crippen molar-refractivity contribution in [1.29, 1.82) is 0 Å². The third-order valence-electron chi connectivity index (χ3n) is 5.46. The maximum atomic E-state index is 13.5. The standard InChI is InChI=1S/C26H24N4O4S/c31-26(32)11-8-20-3-1-4-22(13-20)18-30(35(33,34)25-5-2-12-27-16-25)17-21-6-9-23(10-7-21)24-14-28-19-29-15-24/h1-7,9-10,12-16,19H,8,11,17-18H2,(H,31,32). The first-order chi connectivity index (χ1) is 16.9. The van der Waals surface area contributed by atoms with Gasteiger partial charge in [-0.2, -0.15) is 4.31 Å². The number of aliphatic carboxylic acids is 1. The summed E-state index contributed by atoms with van der Waals surface area (Å²) in [6.07, 6.45) is 8.17. The molecular formula is C26H24N4O4S. The van der Waals surface area contributed by atoms with Gasteiger partial charge in [0.05, 0.1) is 0 Å². The second-order valence-corrected chi connectivity index (χ2v) is 9.94. The minimum Gasteiger partial charge on any atom is -0.481 e. The normalized spacial score (nSPS) is 11.5. The van der Waals surface area contributed by atoms with Gasteiger partial charge in [-0.05, 0) is 40.8 Å². The third-order valence-corrected chi connectivity index (χ3v) is 7.23. The van der Waals surface area contributed by atoms with Gasteiger partial charge in [-0.25, -0.2) is 18.4 Å². The number of rotatable bonds is 10. The van der Waals surface area contributed by atoms with Crippen LogP contribution >= 0.6 is 0 Å². The topological polar surface area (TPSA) is 113 Å². The first kappa shape index (κ1) is 24.2. The molecular weight excluding hydrogens is 464 g/mol. The van der Waals surface area contributed by atoms with E-state index in [0.29, 0.717) is 6.42 Å². The highest BCUT2D eigenvalue weighted by Crippen LogP contribution is 2.23. The van der Waals surface area contributed by atoms with Crippen molar-refractivity contribution in [1.82, 2.24) is 19.3 Å². The lowest BCUT2D eigenvalue weighted by atomic mass is 10.1. The van der Waals surface area contributed by atoms with Crippen molar-refractivity contribution < 1.29 is 18.3 Å². The molecule has 0 saturated carbocycles. The van der Waals surface area contributed by atoms with Crippen molar-refractivity contribution >= 4 is 16.0 Å². The van der Waals surface area contributed by atoms with E-state index in [1.807, 2.05) is 48.5 Å². The van der Waals surface area contributed by atoms with Crippen molar-refractivity contribution in [3.8, 4) is 11.1 Å². The Morgan fingerprint density at radius 1 is 0.800 bits per heavy atom. The highest BCUT2D eigenvalue weighted by molar-refractivity contribution is 7.89. The molecule has 2 aromatic carbocycles. The predicted octanol–water partition coefficient (Wildman–Crippen LogP) is 3.95. The first-order valence-corrected chi connectivity index (χ1v) is 12.4. The lowest BCUT2D eigenvalue weighted by Gasteiger charge is -2.23. The zero-order valence-electron chi connectivity index (χ0n) is 18.9. The molecule has 0 amide bonds. The van der Waals surface area contributed by atoms with Gasteiger partial charge in [0, 0.05) is 49.9 Å². The Morgan fingerprint density at radius 3 is 2.20 bits per heavy atom. The molecule has 2 aromatic heterocycles. The van der Waals surface area contributed by atoms with E-state index < -0.39 is 16.0 Å². The molecule has 0 aliphatic heterocycles. The van der Waals surface area contributed by atoms with E-state index in [0.717, 1.165) is 27.8 Å². The number of aromatic nitrogens is 3. The molecule has 4 rings (SSSR count). The van der Waals surface area contributed by atoms with Crippen molar-refractivity contribution in [2.45, 2.75) is 30.8 Å². The number of carboxylic acid groups (broad SMARTS) is 1. The predicted molar refractivity (Wildman–Crippen MR) is 131 cm³/mol. The van der Waals surface area contributed by atoms with Gasteiger partial charge in [-0.1, -0.05) is 48.5 Å². The van der Waals surface area contributed by atoms with Crippen LogP contribution in [0, 0.1) is 0 Å². The molecule has 4 aromatic rings. The highest BCUT2D eigenvalue weighted by Gasteiger charge is 2.25. The Balaban J connectivity index is 1.61. The molecule has 0 aliphatic carbocycles. The molecule has 1 N–H and O–H groups in total. The largest absolute Gasteiger partial charge is 0.481 e. The Bertz CT molecular complexity index is 1380. The van der Waals surface area contributed by atoms with Crippen LogP contribution in [0.5, 0.6) is 0 Å². The van der Waals surface area contributed by atoms with Crippen LogP contribution in [-0.2, 0) is 34.3 Å². The fourth-order valence-electron chi connectivity index (χ4n) is 3.67. The van der Waals surface area contributed by atoms with Gasteiger partial charge >= 0.3 is 5.97 Å². The van der Waals surface area contributed by atoms with Crippen LogP contribution in [0.15, 0.2) is 96.7 Å². The average molecular weight is 489 g/mol. The summed E-state index contributed by atoms with van der Waals surface area (Å²) in [5.74, 6) is -0.873. The monoisotopic (exact) mass is 488 g/mol. The Kier molecular flexibility index (Phi) is 7.59. The van der Waals surface area contributed by atoms with E-state index in [2.05, 4.69) is 15.0 Å². The number of hydrogen-bond acceptors (Lipinski definition) is 6. The second-order valence-electron chi connectivity index (χ2n) is 8.00. The molecule has 8 nitrogen and oxygen atoms in total. The number of carbonyl (C=O) groups is 1. The molecule has 0 unspecified atom stereocenters. The van der Waals surface area contributed by atoms with Crippen LogP contribution < -0.4 is 0 Å². The molecule has 0 aliphatic rings. The molecule has 0 fully saturated rings. The van der Waals surface area contributed by atoms with E-state index in [-0.39, 0.29) is 24.4 Å². The molecule has 35 heavy (non-hydrogen) atoms. The zero-order chi connectivity index (χ0) is 24.7. The van der Waals surface area contributed by atoms with Gasteiger partial charge in [0.1, 0.15) is 11.2 Å². The van der Waals surface area contributed by atoms with Gasteiger partial charge in [-0.3, -0.25) is 9.78 Å². The van der Waals surface area contributed by atoms with E-state index in [1.165, 1.54) is 29.1 Å². The molecule has 2 heterocycles. The van der Waals surface area contributed by atoms with Crippen LogP contribution in [0.3, 0.4) is 0 Å². The second kappa shape index (κ2) is 11.0. The summed E-state index contributed by atoms with van der Waals surface area (Å²) in [7, 11) is -3.84.